The Labute approximate surface area is 140 Å². The molecule has 0 fully saturated rings. The highest BCUT2D eigenvalue weighted by molar-refractivity contribution is 5.94. The normalized spacial score (nSPS) is 11.0. The fraction of sp³-hybridized carbons (Fsp3) is 0.278. The molecule has 1 heterocycles. The van der Waals surface area contributed by atoms with Gasteiger partial charge in [-0.05, 0) is 30.5 Å². The van der Waals surface area contributed by atoms with Crippen molar-refractivity contribution in [1.82, 2.24) is 9.78 Å². The Kier molecular flexibility index (Phi) is 6.31. The lowest BCUT2D eigenvalue weighted by molar-refractivity contribution is -0.158. The molecule has 0 aliphatic rings. The third-order valence-electron chi connectivity index (χ3n) is 3.59. The van der Waals surface area contributed by atoms with Crippen molar-refractivity contribution in [3.63, 3.8) is 0 Å². The summed E-state index contributed by atoms with van der Waals surface area (Å²) in [5.41, 5.74) is 2.08. The molecule has 0 spiro atoms. The van der Waals surface area contributed by atoms with E-state index in [2.05, 4.69) is 14.6 Å². The zero-order valence-electron chi connectivity index (χ0n) is 13.7. The molecule has 6 heteroatoms. The first-order chi connectivity index (χ1) is 11.7. The van der Waals surface area contributed by atoms with Crippen LogP contribution in [0.4, 0.5) is 0 Å². The van der Waals surface area contributed by atoms with Gasteiger partial charge in [-0.15, -0.1) is 0 Å². The minimum Gasteiger partial charge on any atom is -0.468 e. The first-order valence-corrected chi connectivity index (χ1v) is 7.56. The molecule has 1 aromatic carbocycles. The minimum absolute atomic E-state index is 0.239. The number of carbonyl (C=O) groups is 2. The molecule has 0 radical (unpaired) electrons. The summed E-state index contributed by atoms with van der Waals surface area (Å²) >= 11 is 0. The number of methoxy groups -OCH3 is 2. The number of hydrogen-bond donors (Lipinski definition) is 0. The molecule has 0 amide bonds. The molecule has 126 valence electrons. The molecule has 0 saturated carbocycles. The Balaban J connectivity index is 2.04. The van der Waals surface area contributed by atoms with Crippen LogP contribution in [0, 0.1) is 5.92 Å². The summed E-state index contributed by atoms with van der Waals surface area (Å²) in [6.45, 7) is 0. The van der Waals surface area contributed by atoms with Gasteiger partial charge in [0, 0.05) is 12.4 Å². The number of esters is 2. The molecular formula is C18H20N2O4. The van der Waals surface area contributed by atoms with Crippen LogP contribution in [0.5, 0.6) is 0 Å². The highest BCUT2D eigenvalue weighted by Gasteiger charge is 2.26. The second-order valence-corrected chi connectivity index (χ2v) is 5.09. The van der Waals surface area contributed by atoms with Crippen molar-refractivity contribution in [1.29, 1.82) is 0 Å². The summed E-state index contributed by atoms with van der Waals surface area (Å²) in [5, 5.41) is 4.24. The summed E-state index contributed by atoms with van der Waals surface area (Å²) in [5.74, 6) is -2.12. The first kappa shape index (κ1) is 17.5. The van der Waals surface area contributed by atoms with Crippen molar-refractivity contribution in [3.8, 4) is 5.69 Å². The molecule has 6 nitrogen and oxygen atoms in total. The summed E-state index contributed by atoms with van der Waals surface area (Å²) in [6.07, 6.45) is 8.21. The van der Waals surface area contributed by atoms with Gasteiger partial charge in [0.2, 0.25) is 0 Å². The highest BCUT2D eigenvalue weighted by Crippen LogP contribution is 2.15. The quantitative estimate of drug-likeness (QED) is 0.443. The summed E-state index contributed by atoms with van der Waals surface area (Å²) in [7, 11) is 2.50. The van der Waals surface area contributed by atoms with Crippen LogP contribution in [-0.2, 0) is 25.5 Å². The molecule has 0 bridgehead atoms. The van der Waals surface area contributed by atoms with E-state index in [4.69, 9.17) is 0 Å². The lowest BCUT2D eigenvalue weighted by atomic mass is 10.0. The molecule has 0 N–H and O–H groups in total. The Morgan fingerprint density at radius 1 is 1.12 bits per heavy atom. The maximum absolute atomic E-state index is 11.6. The van der Waals surface area contributed by atoms with Crippen LogP contribution in [-0.4, -0.2) is 35.9 Å². The fourth-order valence-electron chi connectivity index (χ4n) is 2.33. The van der Waals surface area contributed by atoms with Gasteiger partial charge in [-0.3, -0.25) is 9.59 Å². The van der Waals surface area contributed by atoms with Crippen LogP contribution in [0.3, 0.4) is 0 Å². The molecule has 2 rings (SSSR count). The van der Waals surface area contributed by atoms with Gasteiger partial charge in [-0.25, -0.2) is 4.68 Å². The van der Waals surface area contributed by atoms with Gasteiger partial charge >= 0.3 is 11.9 Å². The van der Waals surface area contributed by atoms with E-state index in [1.807, 2.05) is 42.6 Å². The zero-order chi connectivity index (χ0) is 17.4. The first-order valence-electron chi connectivity index (χ1n) is 7.56. The molecule has 1 aromatic heterocycles. The van der Waals surface area contributed by atoms with E-state index in [9.17, 15) is 9.59 Å². The van der Waals surface area contributed by atoms with Gasteiger partial charge in [0.15, 0.2) is 5.92 Å². The number of para-hydroxylation sites is 1. The third kappa shape index (κ3) is 4.32. The van der Waals surface area contributed by atoms with Crippen LogP contribution in [0.15, 0.2) is 54.9 Å². The van der Waals surface area contributed by atoms with Crippen LogP contribution in [0.1, 0.15) is 12.0 Å². The van der Waals surface area contributed by atoms with Crippen LogP contribution in [0.25, 0.3) is 5.69 Å². The SMILES string of the molecule is COC(=O)C(C/C=C\Cc1ccccc1-n1cccn1)C(=O)OC. The molecular weight excluding hydrogens is 308 g/mol. The van der Waals surface area contributed by atoms with E-state index in [1.165, 1.54) is 14.2 Å². The second-order valence-electron chi connectivity index (χ2n) is 5.09. The number of nitrogens with zero attached hydrogens (tertiary/aromatic N) is 2. The molecule has 0 unspecified atom stereocenters. The van der Waals surface area contributed by atoms with Crippen LogP contribution < -0.4 is 0 Å². The molecule has 24 heavy (non-hydrogen) atoms. The van der Waals surface area contributed by atoms with E-state index in [0.717, 1.165) is 11.3 Å². The highest BCUT2D eigenvalue weighted by atomic mass is 16.5. The van der Waals surface area contributed by atoms with Gasteiger partial charge in [-0.1, -0.05) is 30.4 Å². The standard InChI is InChI=1S/C18H20N2O4/c1-23-17(21)15(18(22)24-2)10-5-3-8-14-9-4-6-11-16(14)20-13-7-12-19-20/h3-7,9,11-13,15H,8,10H2,1-2H3/b5-3-. The Morgan fingerprint density at radius 2 is 1.83 bits per heavy atom. The van der Waals surface area contributed by atoms with Gasteiger partial charge in [0.05, 0.1) is 19.9 Å². The fourth-order valence-corrected chi connectivity index (χ4v) is 2.33. The maximum atomic E-state index is 11.6. The lowest BCUT2D eigenvalue weighted by Crippen LogP contribution is -2.25. The predicted molar refractivity (Wildman–Crippen MR) is 88.5 cm³/mol. The monoisotopic (exact) mass is 328 g/mol. The van der Waals surface area contributed by atoms with E-state index in [0.29, 0.717) is 6.42 Å². The van der Waals surface area contributed by atoms with Gasteiger partial charge in [0.1, 0.15) is 0 Å². The molecule has 0 aliphatic heterocycles. The number of rotatable bonds is 7. The lowest BCUT2D eigenvalue weighted by Gasteiger charge is -2.10. The van der Waals surface area contributed by atoms with E-state index in [-0.39, 0.29) is 6.42 Å². The maximum Gasteiger partial charge on any atom is 0.320 e. The number of hydrogen-bond acceptors (Lipinski definition) is 5. The van der Waals surface area contributed by atoms with Crippen LogP contribution in [0.2, 0.25) is 0 Å². The topological polar surface area (TPSA) is 70.4 Å². The predicted octanol–water partition coefficient (Wildman–Crippen LogP) is 2.32. The largest absolute Gasteiger partial charge is 0.468 e. The van der Waals surface area contributed by atoms with Gasteiger partial charge in [-0.2, -0.15) is 5.10 Å². The van der Waals surface area contributed by atoms with Crippen LogP contribution >= 0.6 is 0 Å². The van der Waals surface area contributed by atoms with Gasteiger partial charge < -0.3 is 9.47 Å². The van der Waals surface area contributed by atoms with Crippen molar-refractivity contribution in [3.05, 3.63) is 60.4 Å². The van der Waals surface area contributed by atoms with Crippen molar-refractivity contribution in [2.75, 3.05) is 14.2 Å². The summed E-state index contributed by atoms with van der Waals surface area (Å²) in [6, 6.07) is 9.78. The van der Waals surface area contributed by atoms with Crippen molar-refractivity contribution in [2.24, 2.45) is 5.92 Å². The number of aromatic nitrogens is 2. The zero-order valence-corrected chi connectivity index (χ0v) is 13.7. The van der Waals surface area contributed by atoms with E-state index in [1.54, 1.807) is 17.0 Å². The average molecular weight is 328 g/mol. The number of carbonyl (C=O) groups excluding carboxylic acids is 2. The van der Waals surface area contributed by atoms with E-state index >= 15 is 0 Å². The smallest absolute Gasteiger partial charge is 0.320 e. The molecule has 0 aliphatic carbocycles. The summed E-state index contributed by atoms with van der Waals surface area (Å²) in [4.78, 5) is 23.2. The minimum atomic E-state index is -0.933. The van der Waals surface area contributed by atoms with Crippen molar-refractivity contribution < 1.29 is 19.1 Å². The Morgan fingerprint density at radius 3 is 2.46 bits per heavy atom. The average Bonchev–Trinajstić information content (AvgIpc) is 3.15. The number of ether oxygens (including phenoxy) is 2. The van der Waals surface area contributed by atoms with E-state index < -0.39 is 17.9 Å². The number of allylic oxidation sites excluding steroid dienone is 2. The molecule has 0 saturated heterocycles. The van der Waals surface area contributed by atoms with Crippen molar-refractivity contribution in [2.45, 2.75) is 12.8 Å². The second kappa shape index (κ2) is 8.67. The number of benzene rings is 1. The third-order valence-corrected chi connectivity index (χ3v) is 3.59. The summed E-state index contributed by atoms with van der Waals surface area (Å²) < 4.78 is 11.1. The molecule has 0 atom stereocenters. The Hall–Kier alpha value is -2.89. The van der Waals surface area contributed by atoms with Crippen molar-refractivity contribution >= 4 is 11.9 Å². The van der Waals surface area contributed by atoms with Gasteiger partial charge in [0.25, 0.3) is 0 Å². The molecule has 2 aromatic rings. The Bertz CT molecular complexity index is 692.